The summed E-state index contributed by atoms with van der Waals surface area (Å²) in [6.07, 6.45) is 1.11. The molecule has 3 rings (SSSR count). The van der Waals surface area contributed by atoms with E-state index in [0.29, 0.717) is 10.2 Å². The second-order valence-electron chi connectivity index (χ2n) is 5.68. The minimum absolute atomic E-state index is 0.0800. The van der Waals surface area contributed by atoms with Crippen molar-refractivity contribution in [3.63, 3.8) is 0 Å². The van der Waals surface area contributed by atoms with Gasteiger partial charge in [0.2, 0.25) is 5.75 Å². The van der Waals surface area contributed by atoms with E-state index >= 15 is 0 Å². The van der Waals surface area contributed by atoms with Crippen LogP contribution < -0.4 is 10.2 Å². The number of carbonyl (C=O) groups is 1. The predicted octanol–water partition coefficient (Wildman–Crippen LogP) is 3.75. The van der Waals surface area contributed by atoms with E-state index in [0.717, 1.165) is 17.0 Å². The van der Waals surface area contributed by atoms with E-state index in [2.05, 4.69) is 26.5 Å². The zero-order chi connectivity index (χ0) is 20.1. The zero-order valence-electron chi connectivity index (χ0n) is 14.3. The summed E-state index contributed by atoms with van der Waals surface area (Å²) in [6.45, 7) is -0.268. The molecule has 0 saturated heterocycles. The summed E-state index contributed by atoms with van der Waals surface area (Å²) in [5.41, 5.74) is 1.86. The Morgan fingerprint density at radius 1 is 1.25 bits per heavy atom. The fourth-order valence-electron chi connectivity index (χ4n) is 2.51. The number of nitro benzene ring substituents is 1. The second-order valence-corrected chi connectivity index (χ2v) is 6.59. The molecule has 9 heteroatoms. The molecule has 0 unspecified atom stereocenters. The first-order valence-electron chi connectivity index (χ1n) is 8.05. The average molecular weight is 444 g/mol. The Morgan fingerprint density at radius 2 is 2.00 bits per heavy atom. The Kier molecular flexibility index (Phi) is 5.85. The van der Waals surface area contributed by atoms with E-state index in [1.807, 2.05) is 36.4 Å². The molecule has 0 aliphatic heterocycles. The first kappa shape index (κ1) is 19.3. The molecule has 2 N–H and O–H groups in total. The van der Waals surface area contributed by atoms with E-state index in [4.69, 9.17) is 4.74 Å². The molecule has 8 nitrogen and oxygen atoms in total. The summed E-state index contributed by atoms with van der Waals surface area (Å²) in [7, 11) is 0. The van der Waals surface area contributed by atoms with E-state index in [1.54, 1.807) is 6.07 Å². The van der Waals surface area contributed by atoms with Crippen molar-refractivity contribution in [3.05, 3.63) is 74.7 Å². The van der Waals surface area contributed by atoms with Gasteiger partial charge in [0.1, 0.15) is 5.75 Å². The minimum atomic E-state index is -0.714. The van der Waals surface area contributed by atoms with Gasteiger partial charge >= 0.3 is 5.69 Å². The fraction of sp³-hybridized carbons (Fsp3) is 0.0526. The van der Waals surface area contributed by atoms with Gasteiger partial charge in [-0.3, -0.25) is 14.9 Å². The Morgan fingerprint density at radius 3 is 2.79 bits per heavy atom. The third kappa shape index (κ3) is 4.44. The van der Waals surface area contributed by atoms with Gasteiger partial charge in [0.05, 0.1) is 11.1 Å². The molecule has 0 heterocycles. The molecule has 0 spiro atoms. The van der Waals surface area contributed by atoms with Crippen LogP contribution in [-0.4, -0.2) is 28.8 Å². The van der Waals surface area contributed by atoms with Crippen LogP contribution in [0.4, 0.5) is 5.69 Å². The van der Waals surface area contributed by atoms with E-state index in [9.17, 15) is 20.0 Å². The number of hydrazone groups is 1. The Labute approximate surface area is 167 Å². The Bertz CT molecular complexity index is 1080. The fourth-order valence-corrected chi connectivity index (χ4v) is 2.98. The van der Waals surface area contributed by atoms with Crippen molar-refractivity contribution in [1.29, 1.82) is 0 Å². The number of phenolic OH excluding ortho intramolecular Hbond substituents is 1. The molecule has 0 aliphatic carbocycles. The lowest BCUT2D eigenvalue weighted by Crippen LogP contribution is -2.24. The van der Waals surface area contributed by atoms with Crippen LogP contribution in [-0.2, 0) is 4.79 Å². The molecular weight excluding hydrogens is 430 g/mol. The van der Waals surface area contributed by atoms with E-state index < -0.39 is 22.3 Å². The maximum Gasteiger partial charge on any atom is 0.312 e. The van der Waals surface area contributed by atoms with Gasteiger partial charge in [-0.2, -0.15) is 5.10 Å². The molecule has 0 aliphatic rings. The number of phenols is 1. The summed E-state index contributed by atoms with van der Waals surface area (Å²) in [6, 6.07) is 15.8. The molecule has 0 saturated carbocycles. The maximum absolute atomic E-state index is 11.9. The number of ether oxygens (including phenoxy) is 1. The number of hydrogen-bond acceptors (Lipinski definition) is 6. The van der Waals surface area contributed by atoms with Gasteiger partial charge in [0, 0.05) is 21.5 Å². The number of amides is 1. The minimum Gasteiger partial charge on any atom is -0.502 e. The molecule has 28 heavy (non-hydrogen) atoms. The molecule has 0 aromatic heterocycles. The largest absolute Gasteiger partial charge is 0.502 e. The number of nitrogens with zero attached hydrogens (tertiary/aromatic N) is 2. The number of fused-ring (bicyclic) bond motifs is 1. The molecule has 1 amide bonds. The lowest BCUT2D eigenvalue weighted by Gasteiger charge is -2.08. The molecule has 142 valence electrons. The summed E-state index contributed by atoms with van der Waals surface area (Å²) in [5, 5.41) is 26.4. The zero-order valence-corrected chi connectivity index (χ0v) is 15.9. The number of aromatic hydroxyl groups is 1. The third-order valence-corrected chi connectivity index (χ3v) is 4.24. The van der Waals surface area contributed by atoms with Crippen molar-refractivity contribution in [3.8, 4) is 11.5 Å². The van der Waals surface area contributed by atoms with Crippen molar-refractivity contribution < 1.29 is 19.6 Å². The average Bonchev–Trinajstić information content (AvgIpc) is 2.68. The van der Waals surface area contributed by atoms with Crippen molar-refractivity contribution in [2.24, 2.45) is 5.10 Å². The van der Waals surface area contributed by atoms with Gasteiger partial charge in [0.25, 0.3) is 5.91 Å². The molecule has 3 aromatic carbocycles. The number of hydrogen-bond donors (Lipinski definition) is 2. The van der Waals surface area contributed by atoms with Crippen molar-refractivity contribution in [2.45, 2.75) is 0 Å². The smallest absolute Gasteiger partial charge is 0.312 e. The lowest BCUT2D eigenvalue weighted by molar-refractivity contribution is -0.385. The topological polar surface area (TPSA) is 114 Å². The lowest BCUT2D eigenvalue weighted by atomic mass is 10.1. The van der Waals surface area contributed by atoms with Gasteiger partial charge in [-0.25, -0.2) is 5.43 Å². The first-order chi connectivity index (χ1) is 13.5. The van der Waals surface area contributed by atoms with Crippen molar-refractivity contribution in [1.82, 2.24) is 5.43 Å². The monoisotopic (exact) mass is 443 g/mol. The second kappa shape index (κ2) is 8.49. The van der Waals surface area contributed by atoms with E-state index in [-0.39, 0.29) is 12.2 Å². The molecular formula is C19H14BrN3O5. The molecule has 0 fully saturated rings. The molecule has 0 atom stereocenters. The van der Waals surface area contributed by atoms with Gasteiger partial charge in [0.15, 0.2) is 6.61 Å². The van der Waals surface area contributed by atoms with Gasteiger partial charge < -0.3 is 9.84 Å². The number of nitrogens with one attached hydrogen (secondary N) is 1. The Balaban J connectivity index is 1.64. The van der Waals surface area contributed by atoms with Crippen LogP contribution >= 0.6 is 15.9 Å². The van der Waals surface area contributed by atoms with Crippen LogP contribution in [0, 0.1) is 10.1 Å². The summed E-state index contributed by atoms with van der Waals surface area (Å²) in [4.78, 5) is 22.1. The van der Waals surface area contributed by atoms with Crippen molar-refractivity contribution >= 4 is 44.5 Å². The summed E-state index contributed by atoms with van der Waals surface area (Å²) < 4.78 is 5.94. The Hall–Kier alpha value is -3.46. The number of halogens is 1. The van der Waals surface area contributed by atoms with Crippen LogP contribution in [0.25, 0.3) is 10.8 Å². The standard InChI is InChI=1S/C19H14BrN3O5/c20-14-8-13(19(25)16(9-14)23(26)27)10-21-22-18(24)11-28-17-7-3-5-12-4-1-2-6-15(12)17/h1-10,25H,11H2,(H,22,24)/b21-10+. The quantitative estimate of drug-likeness (QED) is 0.342. The molecule has 0 radical (unpaired) electrons. The number of carbonyl (C=O) groups excluding carboxylic acids is 1. The highest BCUT2D eigenvalue weighted by Crippen LogP contribution is 2.32. The van der Waals surface area contributed by atoms with Gasteiger partial charge in [-0.05, 0) is 17.5 Å². The predicted molar refractivity (Wildman–Crippen MR) is 108 cm³/mol. The van der Waals surface area contributed by atoms with Gasteiger partial charge in [-0.1, -0.05) is 52.3 Å². The van der Waals surface area contributed by atoms with Gasteiger partial charge in [-0.15, -0.1) is 0 Å². The summed E-state index contributed by atoms with van der Waals surface area (Å²) >= 11 is 3.12. The van der Waals surface area contributed by atoms with Crippen LogP contribution in [0.2, 0.25) is 0 Å². The number of benzene rings is 3. The highest BCUT2D eigenvalue weighted by molar-refractivity contribution is 9.10. The SMILES string of the molecule is O=C(COc1cccc2ccccc12)N/N=C/c1cc(Br)cc([N+](=O)[O-])c1O. The van der Waals surface area contributed by atoms with Crippen LogP contribution in [0.5, 0.6) is 11.5 Å². The van der Waals surface area contributed by atoms with Crippen LogP contribution in [0.3, 0.4) is 0 Å². The normalized spacial score (nSPS) is 10.9. The maximum atomic E-state index is 11.9. The van der Waals surface area contributed by atoms with Crippen molar-refractivity contribution in [2.75, 3.05) is 6.61 Å². The number of rotatable bonds is 6. The van der Waals surface area contributed by atoms with Crippen LogP contribution in [0.15, 0.2) is 64.2 Å². The number of nitro groups is 1. The molecule has 3 aromatic rings. The third-order valence-electron chi connectivity index (χ3n) is 3.78. The first-order valence-corrected chi connectivity index (χ1v) is 8.84. The highest BCUT2D eigenvalue weighted by Gasteiger charge is 2.17. The molecule has 0 bridgehead atoms. The van der Waals surface area contributed by atoms with E-state index in [1.165, 1.54) is 12.1 Å². The summed E-state index contributed by atoms with van der Waals surface area (Å²) in [5.74, 6) is -0.496. The highest BCUT2D eigenvalue weighted by atomic mass is 79.9. The van der Waals surface area contributed by atoms with Crippen LogP contribution in [0.1, 0.15) is 5.56 Å².